The van der Waals surface area contributed by atoms with Gasteiger partial charge in [0.1, 0.15) is 5.82 Å². The fourth-order valence-corrected chi connectivity index (χ4v) is 2.77. The van der Waals surface area contributed by atoms with Gasteiger partial charge < -0.3 is 4.57 Å². The van der Waals surface area contributed by atoms with Crippen LogP contribution in [0.4, 0.5) is 0 Å². The molecule has 4 nitrogen and oxygen atoms in total. The van der Waals surface area contributed by atoms with E-state index < -0.39 is 9.05 Å². The molecule has 0 spiro atoms. The fourth-order valence-electron chi connectivity index (χ4n) is 2.00. The third-order valence-corrected chi connectivity index (χ3v) is 3.99. The molecule has 0 unspecified atom stereocenters. The largest absolute Gasteiger partial charge is 0.326 e. The van der Waals surface area contributed by atoms with Crippen molar-refractivity contribution in [2.24, 2.45) is 0 Å². The van der Waals surface area contributed by atoms with Crippen LogP contribution in [0.3, 0.4) is 0 Å². The topological polar surface area (TPSA) is 52.0 Å². The Labute approximate surface area is 105 Å². The number of aryl methyl sites for hydroxylation is 1. The number of rotatable bonds is 2. The lowest BCUT2D eigenvalue weighted by Gasteiger charge is -2.10. The lowest BCUT2D eigenvalue weighted by Crippen LogP contribution is -2.03. The van der Waals surface area contributed by atoms with E-state index in [9.17, 15) is 8.42 Å². The van der Waals surface area contributed by atoms with E-state index in [4.69, 9.17) is 10.7 Å². The number of benzene rings is 1. The smallest absolute Gasteiger partial charge is 0.261 e. The summed E-state index contributed by atoms with van der Waals surface area (Å²) in [7, 11) is 1.64. The van der Waals surface area contributed by atoms with Crippen LogP contribution < -0.4 is 0 Å². The van der Waals surface area contributed by atoms with Crippen LogP contribution in [-0.4, -0.2) is 18.0 Å². The summed E-state index contributed by atoms with van der Waals surface area (Å²) >= 11 is 0. The standard InChI is InChI=1S/C11H13ClN2O2S/c1-7(2)14-8(3)13-10-5-4-9(6-11(10)14)17(12,15)16/h4-7H,1-3H3. The van der Waals surface area contributed by atoms with Gasteiger partial charge in [-0.25, -0.2) is 13.4 Å². The van der Waals surface area contributed by atoms with Crippen molar-refractivity contribution in [3.63, 3.8) is 0 Å². The third kappa shape index (κ3) is 2.17. The van der Waals surface area contributed by atoms with Crippen LogP contribution in [0.15, 0.2) is 23.1 Å². The molecule has 0 aliphatic heterocycles. The molecule has 2 aromatic rings. The molecular formula is C11H13ClN2O2S. The molecular weight excluding hydrogens is 260 g/mol. The summed E-state index contributed by atoms with van der Waals surface area (Å²) in [6.45, 7) is 5.95. The predicted octanol–water partition coefficient (Wildman–Crippen LogP) is 2.85. The Morgan fingerprint density at radius 1 is 1.35 bits per heavy atom. The molecule has 0 aliphatic carbocycles. The molecule has 2 rings (SSSR count). The van der Waals surface area contributed by atoms with E-state index in [1.165, 1.54) is 6.07 Å². The second-order valence-corrected chi connectivity index (χ2v) is 6.78. The second-order valence-electron chi connectivity index (χ2n) is 4.21. The monoisotopic (exact) mass is 272 g/mol. The molecule has 0 atom stereocenters. The van der Waals surface area contributed by atoms with Gasteiger partial charge in [-0.1, -0.05) is 0 Å². The highest BCUT2D eigenvalue weighted by molar-refractivity contribution is 8.13. The quantitative estimate of drug-likeness (QED) is 0.790. The molecule has 0 saturated carbocycles. The van der Waals surface area contributed by atoms with Crippen molar-refractivity contribution in [2.75, 3.05) is 0 Å². The fraction of sp³-hybridized carbons (Fsp3) is 0.364. The van der Waals surface area contributed by atoms with Crippen LogP contribution in [0.5, 0.6) is 0 Å². The molecule has 0 bridgehead atoms. The highest BCUT2D eigenvalue weighted by Crippen LogP contribution is 2.25. The summed E-state index contributed by atoms with van der Waals surface area (Å²) < 4.78 is 24.6. The minimum Gasteiger partial charge on any atom is -0.326 e. The Kier molecular flexibility index (Phi) is 2.91. The third-order valence-electron chi connectivity index (χ3n) is 2.64. The average Bonchev–Trinajstić information content (AvgIpc) is 2.50. The van der Waals surface area contributed by atoms with E-state index in [1.54, 1.807) is 12.1 Å². The van der Waals surface area contributed by atoms with Gasteiger partial charge in [-0.2, -0.15) is 0 Å². The highest BCUT2D eigenvalue weighted by atomic mass is 35.7. The lowest BCUT2D eigenvalue weighted by atomic mass is 10.3. The van der Waals surface area contributed by atoms with Crippen molar-refractivity contribution >= 4 is 30.8 Å². The molecule has 1 aromatic heterocycles. The summed E-state index contributed by atoms with van der Waals surface area (Å²) in [6, 6.07) is 4.93. The number of aromatic nitrogens is 2. The Balaban J connectivity index is 2.80. The first-order valence-electron chi connectivity index (χ1n) is 5.24. The number of imidazole rings is 1. The minimum absolute atomic E-state index is 0.105. The van der Waals surface area contributed by atoms with Crippen molar-refractivity contribution in [3.8, 4) is 0 Å². The Morgan fingerprint density at radius 2 is 2.00 bits per heavy atom. The summed E-state index contributed by atoms with van der Waals surface area (Å²) in [5.74, 6) is 0.860. The Hall–Kier alpha value is -1.07. The zero-order valence-electron chi connectivity index (χ0n) is 9.81. The van der Waals surface area contributed by atoms with Gasteiger partial charge in [-0.3, -0.25) is 0 Å². The van der Waals surface area contributed by atoms with Gasteiger partial charge in [-0.15, -0.1) is 0 Å². The van der Waals surface area contributed by atoms with Gasteiger partial charge in [0.05, 0.1) is 15.9 Å². The maximum Gasteiger partial charge on any atom is 0.261 e. The summed E-state index contributed by atoms with van der Waals surface area (Å²) in [5.41, 5.74) is 1.57. The molecule has 1 aromatic carbocycles. The van der Waals surface area contributed by atoms with E-state index in [-0.39, 0.29) is 10.9 Å². The zero-order valence-corrected chi connectivity index (χ0v) is 11.4. The van der Waals surface area contributed by atoms with Crippen LogP contribution in [0.1, 0.15) is 25.7 Å². The predicted molar refractivity (Wildman–Crippen MR) is 67.9 cm³/mol. The van der Waals surface area contributed by atoms with Crippen molar-refractivity contribution in [2.45, 2.75) is 31.7 Å². The number of hydrogen-bond acceptors (Lipinski definition) is 3. The number of nitrogens with zero attached hydrogens (tertiary/aromatic N) is 2. The zero-order chi connectivity index (χ0) is 12.8. The summed E-state index contributed by atoms with van der Waals surface area (Å²) in [6.07, 6.45) is 0. The van der Waals surface area contributed by atoms with Crippen LogP contribution in [0, 0.1) is 6.92 Å². The molecule has 0 saturated heterocycles. The Bertz CT molecular complexity index is 674. The van der Waals surface area contributed by atoms with E-state index in [0.717, 1.165) is 16.9 Å². The molecule has 1 heterocycles. The van der Waals surface area contributed by atoms with E-state index in [0.29, 0.717) is 0 Å². The molecule has 0 amide bonds. The molecule has 6 heteroatoms. The number of hydrogen-bond donors (Lipinski definition) is 0. The van der Waals surface area contributed by atoms with Gasteiger partial charge in [0.25, 0.3) is 9.05 Å². The molecule has 92 valence electrons. The van der Waals surface area contributed by atoms with Crippen LogP contribution in [0.2, 0.25) is 0 Å². The molecule has 0 fully saturated rings. The number of fused-ring (bicyclic) bond motifs is 1. The second kappa shape index (κ2) is 3.99. The average molecular weight is 273 g/mol. The molecule has 17 heavy (non-hydrogen) atoms. The van der Waals surface area contributed by atoms with Gasteiger partial charge in [-0.05, 0) is 39.0 Å². The lowest BCUT2D eigenvalue weighted by molar-refractivity contribution is 0.598. The molecule has 0 N–H and O–H groups in total. The van der Waals surface area contributed by atoms with E-state index >= 15 is 0 Å². The maximum absolute atomic E-state index is 11.3. The summed E-state index contributed by atoms with van der Waals surface area (Å²) in [4.78, 5) is 4.49. The first kappa shape index (κ1) is 12.4. The number of halogens is 1. The van der Waals surface area contributed by atoms with Gasteiger partial charge >= 0.3 is 0 Å². The van der Waals surface area contributed by atoms with Gasteiger partial charge in [0.2, 0.25) is 0 Å². The van der Waals surface area contributed by atoms with E-state index in [2.05, 4.69) is 4.98 Å². The van der Waals surface area contributed by atoms with Gasteiger partial charge in [0, 0.05) is 16.7 Å². The SMILES string of the molecule is Cc1nc2ccc(S(=O)(=O)Cl)cc2n1C(C)C. The van der Waals surface area contributed by atoms with Crippen LogP contribution in [-0.2, 0) is 9.05 Å². The minimum atomic E-state index is -3.70. The van der Waals surface area contributed by atoms with E-state index in [1.807, 2.05) is 25.3 Å². The van der Waals surface area contributed by atoms with Crippen LogP contribution in [0.25, 0.3) is 11.0 Å². The van der Waals surface area contributed by atoms with Gasteiger partial charge in [0.15, 0.2) is 0 Å². The first-order chi connectivity index (χ1) is 7.80. The first-order valence-corrected chi connectivity index (χ1v) is 7.55. The normalized spacial score (nSPS) is 12.5. The van der Waals surface area contributed by atoms with Crippen molar-refractivity contribution in [3.05, 3.63) is 24.0 Å². The molecule has 0 radical (unpaired) electrons. The van der Waals surface area contributed by atoms with Crippen molar-refractivity contribution in [1.82, 2.24) is 9.55 Å². The summed E-state index contributed by atoms with van der Waals surface area (Å²) in [5, 5.41) is 0. The van der Waals surface area contributed by atoms with Crippen molar-refractivity contribution in [1.29, 1.82) is 0 Å². The van der Waals surface area contributed by atoms with Crippen molar-refractivity contribution < 1.29 is 8.42 Å². The Morgan fingerprint density at radius 3 is 2.53 bits per heavy atom. The molecule has 0 aliphatic rings. The highest BCUT2D eigenvalue weighted by Gasteiger charge is 2.15. The maximum atomic E-state index is 11.3. The van der Waals surface area contributed by atoms with Crippen LogP contribution >= 0.6 is 10.7 Å².